The maximum Gasteiger partial charge on any atom is 0.425 e. The van der Waals surface area contributed by atoms with Gasteiger partial charge in [0.2, 0.25) is 11.5 Å². The van der Waals surface area contributed by atoms with Crippen molar-refractivity contribution in [3.05, 3.63) is 23.7 Å². The van der Waals surface area contributed by atoms with Crippen LogP contribution in [0, 0.1) is 6.92 Å². The van der Waals surface area contributed by atoms with Gasteiger partial charge in [0.15, 0.2) is 0 Å². The van der Waals surface area contributed by atoms with Crippen LogP contribution in [0.15, 0.2) is 16.5 Å². The lowest BCUT2D eigenvalue weighted by molar-refractivity contribution is -0.274. The smallest absolute Gasteiger partial charge is 0.425 e. The summed E-state index contributed by atoms with van der Waals surface area (Å²) >= 11 is 0. The summed E-state index contributed by atoms with van der Waals surface area (Å²) in [6, 6.07) is 2.37. The predicted octanol–water partition coefficient (Wildman–Crippen LogP) is 2.75. The molecule has 1 N–H and O–H groups in total. The number of amides is 1. The molecule has 1 aromatic heterocycles. The van der Waals surface area contributed by atoms with Crippen LogP contribution >= 0.6 is 0 Å². The third-order valence-electron chi connectivity index (χ3n) is 4.16. The highest BCUT2D eigenvalue weighted by molar-refractivity contribution is 5.77. The summed E-state index contributed by atoms with van der Waals surface area (Å²) in [5.74, 6) is -1.22. The van der Waals surface area contributed by atoms with E-state index in [1.807, 2.05) is 6.92 Å². The highest BCUT2D eigenvalue weighted by atomic mass is 19.4. The number of ether oxygens (including phenoxy) is 1. The first-order valence-electron chi connectivity index (χ1n) is 7.86. The standard InChI is InChI=1S/C16H22F3NO4/c1-4-12-9-20(8-11(3)23-12)14(21)7-15(22,16(17,18)19)13-6-5-10(2)24-13/h5-6,11-12,22H,4,7-9H2,1-3H3. The highest BCUT2D eigenvalue weighted by Crippen LogP contribution is 2.42. The molecule has 1 aliphatic heterocycles. The van der Waals surface area contributed by atoms with E-state index in [1.54, 1.807) is 6.92 Å². The number of alkyl halides is 3. The number of hydrogen-bond acceptors (Lipinski definition) is 4. The summed E-state index contributed by atoms with van der Waals surface area (Å²) in [4.78, 5) is 13.7. The molecule has 0 aromatic carbocycles. The van der Waals surface area contributed by atoms with Gasteiger partial charge in [-0.15, -0.1) is 0 Å². The molecule has 0 spiro atoms. The number of halogens is 3. The third kappa shape index (κ3) is 3.75. The first-order chi connectivity index (χ1) is 11.1. The number of nitrogens with zero attached hydrogens (tertiary/aromatic N) is 1. The molecule has 1 aliphatic rings. The van der Waals surface area contributed by atoms with E-state index in [1.165, 1.54) is 17.9 Å². The van der Waals surface area contributed by atoms with E-state index in [2.05, 4.69) is 0 Å². The number of furan rings is 1. The Labute approximate surface area is 138 Å². The topological polar surface area (TPSA) is 62.9 Å². The number of aryl methyl sites for hydroxylation is 1. The highest BCUT2D eigenvalue weighted by Gasteiger charge is 2.58. The first-order valence-corrected chi connectivity index (χ1v) is 7.86. The van der Waals surface area contributed by atoms with E-state index in [0.717, 1.165) is 6.07 Å². The van der Waals surface area contributed by atoms with E-state index in [9.17, 15) is 23.1 Å². The summed E-state index contributed by atoms with van der Waals surface area (Å²) in [7, 11) is 0. The van der Waals surface area contributed by atoms with Gasteiger partial charge in [0.05, 0.1) is 18.6 Å². The molecule has 1 fully saturated rings. The minimum Gasteiger partial charge on any atom is -0.463 e. The van der Waals surface area contributed by atoms with Gasteiger partial charge in [-0.3, -0.25) is 4.79 Å². The van der Waals surface area contributed by atoms with Gasteiger partial charge in [-0.2, -0.15) is 13.2 Å². The van der Waals surface area contributed by atoms with E-state index in [4.69, 9.17) is 9.15 Å². The molecule has 3 atom stereocenters. The predicted molar refractivity (Wildman–Crippen MR) is 79.2 cm³/mol. The zero-order valence-electron chi connectivity index (χ0n) is 13.9. The molecule has 5 nitrogen and oxygen atoms in total. The largest absolute Gasteiger partial charge is 0.463 e. The van der Waals surface area contributed by atoms with Crippen molar-refractivity contribution < 1.29 is 32.2 Å². The number of rotatable bonds is 4. The van der Waals surface area contributed by atoms with Crippen molar-refractivity contribution in [3.8, 4) is 0 Å². The normalized spacial score (nSPS) is 24.7. The number of morpholine rings is 1. The maximum absolute atomic E-state index is 13.4. The lowest BCUT2D eigenvalue weighted by Gasteiger charge is -2.38. The molecule has 24 heavy (non-hydrogen) atoms. The molecule has 1 saturated heterocycles. The molecule has 2 heterocycles. The Morgan fingerprint density at radius 2 is 2.04 bits per heavy atom. The second kappa shape index (κ2) is 6.76. The van der Waals surface area contributed by atoms with E-state index in [0.29, 0.717) is 6.42 Å². The zero-order valence-corrected chi connectivity index (χ0v) is 13.9. The van der Waals surface area contributed by atoms with Gasteiger partial charge in [-0.25, -0.2) is 0 Å². The van der Waals surface area contributed by atoms with Crippen LogP contribution in [0.25, 0.3) is 0 Å². The second-order valence-corrected chi connectivity index (χ2v) is 6.22. The van der Waals surface area contributed by atoms with Gasteiger partial charge in [-0.1, -0.05) is 6.92 Å². The summed E-state index contributed by atoms with van der Waals surface area (Å²) < 4.78 is 50.9. The van der Waals surface area contributed by atoms with Crippen LogP contribution in [0.5, 0.6) is 0 Å². The maximum atomic E-state index is 13.4. The Morgan fingerprint density at radius 1 is 1.38 bits per heavy atom. The molecule has 0 bridgehead atoms. The van der Waals surface area contributed by atoms with Crippen LogP contribution < -0.4 is 0 Å². The van der Waals surface area contributed by atoms with Crippen molar-refractivity contribution in [2.45, 2.75) is 57.6 Å². The van der Waals surface area contributed by atoms with Crippen LogP contribution in [0.3, 0.4) is 0 Å². The number of carbonyl (C=O) groups excluding carboxylic acids is 1. The Kier molecular flexibility index (Phi) is 5.29. The minimum absolute atomic E-state index is 0.195. The zero-order chi connectivity index (χ0) is 18.1. The van der Waals surface area contributed by atoms with Crippen molar-refractivity contribution >= 4 is 5.91 Å². The molecule has 0 radical (unpaired) electrons. The molecule has 1 aromatic rings. The quantitative estimate of drug-likeness (QED) is 0.908. The van der Waals surface area contributed by atoms with Gasteiger partial charge in [0.25, 0.3) is 0 Å². The summed E-state index contributed by atoms with van der Waals surface area (Å²) in [6.07, 6.45) is -5.99. The SMILES string of the molecule is CCC1CN(C(=O)CC(O)(c2ccc(C)o2)C(F)(F)F)CC(C)O1. The molecule has 0 aliphatic carbocycles. The van der Waals surface area contributed by atoms with Gasteiger partial charge >= 0.3 is 6.18 Å². The van der Waals surface area contributed by atoms with Crippen molar-refractivity contribution in [1.82, 2.24) is 4.90 Å². The lowest BCUT2D eigenvalue weighted by atomic mass is 9.94. The van der Waals surface area contributed by atoms with Gasteiger partial charge in [0.1, 0.15) is 11.5 Å². The molecule has 136 valence electrons. The van der Waals surface area contributed by atoms with Gasteiger partial charge in [-0.05, 0) is 32.4 Å². The molecule has 3 unspecified atom stereocenters. The fourth-order valence-corrected chi connectivity index (χ4v) is 2.79. The molecule has 2 rings (SSSR count). The molecule has 8 heteroatoms. The van der Waals surface area contributed by atoms with E-state index >= 15 is 0 Å². The molecule has 0 saturated carbocycles. The molecular weight excluding hydrogens is 327 g/mol. The van der Waals surface area contributed by atoms with Crippen molar-refractivity contribution in [1.29, 1.82) is 0 Å². The second-order valence-electron chi connectivity index (χ2n) is 6.22. The average Bonchev–Trinajstić information content (AvgIpc) is 2.92. The average molecular weight is 349 g/mol. The van der Waals surface area contributed by atoms with Crippen molar-refractivity contribution in [2.24, 2.45) is 0 Å². The van der Waals surface area contributed by atoms with Crippen LogP contribution in [-0.2, 0) is 15.1 Å². The Balaban J connectivity index is 2.22. The summed E-state index contributed by atoms with van der Waals surface area (Å²) in [5, 5.41) is 10.2. The Hall–Kier alpha value is -1.54. The van der Waals surface area contributed by atoms with E-state index in [-0.39, 0.29) is 31.1 Å². The fourth-order valence-electron chi connectivity index (χ4n) is 2.79. The summed E-state index contributed by atoms with van der Waals surface area (Å²) in [5.41, 5.74) is -3.35. The number of carbonyl (C=O) groups is 1. The van der Waals surface area contributed by atoms with Crippen LogP contribution in [-0.4, -0.2) is 47.4 Å². The first kappa shape index (κ1) is 18.8. The van der Waals surface area contributed by atoms with Crippen LogP contribution in [0.4, 0.5) is 13.2 Å². The minimum atomic E-state index is -5.03. The monoisotopic (exact) mass is 349 g/mol. The summed E-state index contributed by atoms with van der Waals surface area (Å²) in [6.45, 7) is 5.51. The van der Waals surface area contributed by atoms with Crippen molar-refractivity contribution in [2.75, 3.05) is 13.1 Å². The van der Waals surface area contributed by atoms with Gasteiger partial charge < -0.3 is 19.2 Å². The van der Waals surface area contributed by atoms with E-state index < -0.39 is 29.9 Å². The van der Waals surface area contributed by atoms with Crippen LogP contribution in [0.1, 0.15) is 38.2 Å². The third-order valence-corrected chi connectivity index (χ3v) is 4.16. The van der Waals surface area contributed by atoms with Crippen LogP contribution in [0.2, 0.25) is 0 Å². The Morgan fingerprint density at radius 3 is 2.54 bits per heavy atom. The molecule has 1 amide bonds. The van der Waals surface area contributed by atoms with Crippen molar-refractivity contribution in [3.63, 3.8) is 0 Å². The number of hydrogen-bond donors (Lipinski definition) is 1. The fraction of sp³-hybridized carbons (Fsp3) is 0.688. The molecular formula is C16H22F3NO4. The Bertz CT molecular complexity index is 586. The lowest BCUT2D eigenvalue weighted by Crippen LogP contribution is -2.52. The number of aliphatic hydroxyl groups is 1. The van der Waals surface area contributed by atoms with Gasteiger partial charge in [0, 0.05) is 13.1 Å².